The Bertz CT molecular complexity index is 504. The molecule has 0 heterocycles. The van der Waals surface area contributed by atoms with Gasteiger partial charge in [0, 0.05) is 21.5 Å². The lowest BCUT2D eigenvalue weighted by atomic mass is 9.86. The number of amidine groups is 1. The van der Waals surface area contributed by atoms with Gasteiger partial charge in [-0.15, -0.1) is 0 Å². The van der Waals surface area contributed by atoms with Crippen LogP contribution in [-0.4, -0.2) is 17.6 Å². The summed E-state index contributed by atoms with van der Waals surface area (Å²) in [5, 5.41) is 16.5. The maximum atomic E-state index is 8.74. The van der Waals surface area contributed by atoms with Crippen molar-refractivity contribution in [2.75, 3.05) is 6.54 Å². The van der Waals surface area contributed by atoms with Crippen LogP contribution in [0.15, 0.2) is 23.4 Å². The van der Waals surface area contributed by atoms with E-state index < -0.39 is 0 Å². The van der Waals surface area contributed by atoms with Gasteiger partial charge in [-0.2, -0.15) is 0 Å². The van der Waals surface area contributed by atoms with Crippen LogP contribution in [0.5, 0.6) is 0 Å². The van der Waals surface area contributed by atoms with Gasteiger partial charge in [-0.3, -0.25) is 0 Å². The average molecular weight is 332 g/mol. The zero-order valence-corrected chi connectivity index (χ0v) is 14.2. The first-order chi connectivity index (χ1) is 9.77. The van der Waals surface area contributed by atoms with Gasteiger partial charge in [-0.05, 0) is 44.0 Å². The normalized spacial score (nSPS) is 14.2. The van der Waals surface area contributed by atoms with Crippen LogP contribution in [0, 0.1) is 5.41 Å². The van der Waals surface area contributed by atoms with Gasteiger partial charge in [0.15, 0.2) is 0 Å². The van der Waals surface area contributed by atoms with Crippen LogP contribution in [0.25, 0.3) is 0 Å². The highest BCUT2D eigenvalue weighted by molar-refractivity contribution is 6.35. The van der Waals surface area contributed by atoms with Gasteiger partial charge in [0.05, 0.1) is 0 Å². The van der Waals surface area contributed by atoms with Gasteiger partial charge < -0.3 is 16.3 Å². The fourth-order valence-corrected chi connectivity index (χ4v) is 2.65. The van der Waals surface area contributed by atoms with Crippen molar-refractivity contribution < 1.29 is 5.21 Å². The maximum absolute atomic E-state index is 8.74. The number of nitrogens with zero attached hydrogens (tertiary/aromatic N) is 1. The molecule has 0 spiro atoms. The van der Waals surface area contributed by atoms with Crippen molar-refractivity contribution in [3.8, 4) is 0 Å². The summed E-state index contributed by atoms with van der Waals surface area (Å²) in [5.41, 5.74) is 6.38. The largest absolute Gasteiger partial charge is 0.409 e. The van der Waals surface area contributed by atoms with Gasteiger partial charge in [0.2, 0.25) is 0 Å². The SMILES string of the molecule is CC(NCCCC(C)(C)C(N)=NO)c1ccc(Cl)cc1Cl. The van der Waals surface area contributed by atoms with E-state index in [9.17, 15) is 0 Å². The third kappa shape index (κ3) is 5.38. The first kappa shape index (κ1) is 18.1. The highest BCUT2D eigenvalue weighted by Crippen LogP contribution is 2.26. The molecule has 0 aliphatic heterocycles. The first-order valence-corrected chi connectivity index (χ1v) is 7.70. The number of nitrogens with two attached hydrogens (primary N) is 1. The molecular weight excluding hydrogens is 309 g/mol. The van der Waals surface area contributed by atoms with Gasteiger partial charge in [-0.1, -0.05) is 48.3 Å². The van der Waals surface area contributed by atoms with Crippen LogP contribution in [-0.2, 0) is 0 Å². The van der Waals surface area contributed by atoms with E-state index in [4.69, 9.17) is 34.1 Å². The second kappa shape index (κ2) is 7.87. The number of hydrogen-bond acceptors (Lipinski definition) is 3. The van der Waals surface area contributed by atoms with Crippen LogP contribution in [0.3, 0.4) is 0 Å². The molecule has 1 unspecified atom stereocenters. The number of nitrogens with one attached hydrogen (secondary N) is 1. The summed E-state index contributed by atoms with van der Waals surface area (Å²) in [6.07, 6.45) is 1.75. The van der Waals surface area contributed by atoms with Gasteiger partial charge in [0.25, 0.3) is 0 Å². The Morgan fingerprint density at radius 3 is 2.67 bits per heavy atom. The molecule has 0 aliphatic rings. The van der Waals surface area contributed by atoms with E-state index in [1.807, 2.05) is 26.0 Å². The molecule has 1 aromatic carbocycles. The Morgan fingerprint density at radius 1 is 1.43 bits per heavy atom. The Kier molecular flexibility index (Phi) is 6.78. The third-order valence-electron chi connectivity index (χ3n) is 3.66. The standard InChI is InChI=1S/C15H23Cl2N3O/c1-10(12-6-5-11(16)9-13(12)17)19-8-4-7-15(2,3)14(18)20-21/h5-6,9-10,19,21H,4,7-8H2,1-3H3,(H2,18,20). The molecule has 0 saturated heterocycles. The quantitative estimate of drug-likeness (QED) is 0.230. The second-order valence-corrected chi connectivity index (χ2v) is 6.66. The summed E-state index contributed by atoms with van der Waals surface area (Å²) in [5.74, 6) is 0.260. The lowest BCUT2D eigenvalue weighted by Crippen LogP contribution is -2.33. The maximum Gasteiger partial charge on any atom is 0.144 e. The second-order valence-electron chi connectivity index (χ2n) is 5.81. The molecule has 0 radical (unpaired) electrons. The van der Waals surface area contributed by atoms with E-state index in [-0.39, 0.29) is 17.3 Å². The molecule has 0 aromatic heterocycles. The average Bonchev–Trinajstić information content (AvgIpc) is 2.42. The fourth-order valence-electron chi connectivity index (χ4n) is 2.07. The molecule has 1 rings (SSSR count). The number of hydrogen-bond donors (Lipinski definition) is 3. The van der Waals surface area contributed by atoms with Crippen LogP contribution >= 0.6 is 23.2 Å². The molecule has 21 heavy (non-hydrogen) atoms. The summed E-state index contributed by atoms with van der Waals surface area (Å²) in [4.78, 5) is 0. The third-order valence-corrected chi connectivity index (χ3v) is 4.22. The van der Waals surface area contributed by atoms with Gasteiger partial charge in [-0.25, -0.2) is 0 Å². The molecule has 4 nitrogen and oxygen atoms in total. The molecule has 0 aliphatic carbocycles. The van der Waals surface area contributed by atoms with E-state index in [1.54, 1.807) is 6.07 Å². The van der Waals surface area contributed by atoms with Crippen LogP contribution in [0.1, 0.15) is 45.2 Å². The van der Waals surface area contributed by atoms with Crippen molar-refractivity contribution in [2.24, 2.45) is 16.3 Å². The highest BCUT2D eigenvalue weighted by Gasteiger charge is 2.22. The summed E-state index contributed by atoms with van der Waals surface area (Å²) in [7, 11) is 0. The van der Waals surface area contributed by atoms with Crippen molar-refractivity contribution in [1.82, 2.24) is 5.32 Å². The molecular formula is C15H23Cl2N3O. The summed E-state index contributed by atoms with van der Waals surface area (Å²) >= 11 is 12.1. The Labute approximate surface area is 136 Å². The van der Waals surface area contributed by atoms with E-state index in [0.29, 0.717) is 10.0 Å². The fraction of sp³-hybridized carbons (Fsp3) is 0.533. The molecule has 1 aromatic rings. The Balaban J connectivity index is 2.46. The van der Waals surface area contributed by atoms with E-state index in [1.165, 1.54) is 0 Å². The first-order valence-electron chi connectivity index (χ1n) is 6.94. The Hall–Kier alpha value is -0.970. The van der Waals surface area contributed by atoms with Crippen molar-refractivity contribution >= 4 is 29.0 Å². The molecule has 4 N–H and O–H groups in total. The molecule has 1 atom stereocenters. The molecule has 118 valence electrons. The number of halogens is 2. The lowest BCUT2D eigenvalue weighted by molar-refractivity contribution is 0.304. The number of benzene rings is 1. The zero-order valence-electron chi connectivity index (χ0n) is 12.7. The minimum Gasteiger partial charge on any atom is -0.409 e. The number of oxime groups is 1. The van der Waals surface area contributed by atoms with Crippen molar-refractivity contribution in [3.63, 3.8) is 0 Å². The van der Waals surface area contributed by atoms with Crippen LogP contribution in [0.4, 0.5) is 0 Å². The monoisotopic (exact) mass is 331 g/mol. The minimum absolute atomic E-state index is 0.140. The van der Waals surface area contributed by atoms with Crippen molar-refractivity contribution in [2.45, 2.75) is 39.7 Å². The van der Waals surface area contributed by atoms with Crippen molar-refractivity contribution in [1.29, 1.82) is 0 Å². The lowest BCUT2D eigenvalue weighted by Gasteiger charge is -2.23. The summed E-state index contributed by atoms with van der Waals surface area (Å²) in [6.45, 7) is 6.80. The predicted octanol–water partition coefficient (Wildman–Crippen LogP) is 4.20. The van der Waals surface area contributed by atoms with Crippen LogP contribution < -0.4 is 11.1 Å². The summed E-state index contributed by atoms with van der Waals surface area (Å²) < 4.78 is 0. The van der Waals surface area contributed by atoms with E-state index in [2.05, 4.69) is 17.4 Å². The van der Waals surface area contributed by atoms with Crippen LogP contribution in [0.2, 0.25) is 10.0 Å². The van der Waals surface area contributed by atoms with E-state index in [0.717, 1.165) is 24.9 Å². The molecule has 6 heteroatoms. The molecule has 0 fully saturated rings. The molecule has 0 amide bonds. The van der Waals surface area contributed by atoms with Gasteiger partial charge >= 0.3 is 0 Å². The van der Waals surface area contributed by atoms with E-state index >= 15 is 0 Å². The van der Waals surface area contributed by atoms with Crippen molar-refractivity contribution in [3.05, 3.63) is 33.8 Å². The molecule has 0 saturated carbocycles. The zero-order chi connectivity index (χ0) is 16.0. The highest BCUT2D eigenvalue weighted by atomic mass is 35.5. The molecule has 0 bridgehead atoms. The minimum atomic E-state index is -0.308. The predicted molar refractivity (Wildman–Crippen MR) is 89.3 cm³/mol. The Morgan fingerprint density at radius 2 is 2.10 bits per heavy atom. The smallest absolute Gasteiger partial charge is 0.144 e. The topological polar surface area (TPSA) is 70.6 Å². The summed E-state index contributed by atoms with van der Waals surface area (Å²) in [6, 6.07) is 5.66. The number of rotatable bonds is 7. The van der Waals surface area contributed by atoms with Gasteiger partial charge in [0.1, 0.15) is 5.84 Å².